The molecule has 0 aromatic carbocycles. The van der Waals surface area contributed by atoms with Crippen LogP contribution in [0.15, 0.2) is 24.5 Å². The van der Waals surface area contributed by atoms with E-state index in [1.165, 1.54) is 0 Å². The van der Waals surface area contributed by atoms with Gasteiger partial charge in [0, 0.05) is 45.6 Å². The summed E-state index contributed by atoms with van der Waals surface area (Å²) in [7, 11) is 1.73. The maximum absolute atomic E-state index is 5.21. The van der Waals surface area contributed by atoms with E-state index in [1.807, 2.05) is 12.3 Å². The van der Waals surface area contributed by atoms with Crippen LogP contribution >= 0.6 is 0 Å². The van der Waals surface area contributed by atoms with Crippen LogP contribution in [0, 0.1) is 5.92 Å². The van der Waals surface area contributed by atoms with Crippen LogP contribution in [-0.4, -0.2) is 40.0 Å². The van der Waals surface area contributed by atoms with E-state index < -0.39 is 0 Å². The van der Waals surface area contributed by atoms with Crippen LogP contribution in [0.2, 0.25) is 0 Å². The van der Waals surface area contributed by atoms with E-state index in [0.29, 0.717) is 5.92 Å². The molecule has 0 saturated heterocycles. The molecule has 112 valence electrons. The molecular weight excluding hydrogens is 266 g/mol. The Morgan fingerprint density at radius 2 is 2.38 bits per heavy atom. The van der Waals surface area contributed by atoms with Crippen LogP contribution in [0.25, 0.3) is 0 Å². The Kier molecular flexibility index (Phi) is 4.26. The lowest BCUT2D eigenvalue weighted by Crippen LogP contribution is -2.35. The number of hydrogen-bond donors (Lipinski definition) is 1. The number of methoxy groups -OCH3 is 1. The Hall–Kier alpha value is -1.79. The summed E-state index contributed by atoms with van der Waals surface area (Å²) in [5.41, 5.74) is 1.13. The molecule has 0 aliphatic carbocycles. The zero-order chi connectivity index (χ0) is 14.7. The van der Waals surface area contributed by atoms with Gasteiger partial charge in [-0.2, -0.15) is 0 Å². The standard InChI is InChI=1S/C15H21N5O/c1-11(10-21-2)8-13-18-19-15-14(17-6-7-20(13)15)12-4-3-5-16-9-12/h3-5,9,11,14,17H,6-8,10H2,1-2H3. The highest BCUT2D eigenvalue weighted by molar-refractivity contribution is 5.23. The van der Waals surface area contributed by atoms with Crippen molar-refractivity contribution < 1.29 is 4.74 Å². The Bertz CT molecular complexity index is 583. The maximum Gasteiger partial charge on any atom is 0.154 e. The fourth-order valence-corrected chi connectivity index (χ4v) is 2.84. The summed E-state index contributed by atoms with van der Waals surface area (Å²) in [6.45, 7) is 4.74. The lowest BCUT2D eigenvalue weighted by molar-refractivity contribution is 0.158. The van der Waals surface area contributed by atoms with E-state index in [1.54, 1.807) is 13.3 Å². The first-order valence-electron chi connectivity index (χ1n) is 7.33. The average Bonchev–Trinajstić information content (AvgIpc) is 2.91. The van der Waals surface area contributed by atoms with Crippen molar-refractivity contribution in [3.63, 3.8) is 0 Å². The number of ether oxygens (including phenoxy) is 1. The second kappa shape index (κ2) is 6.32. The summed E-state index contributed by atoms with van der Waals surface area (Å²) in [6.07, 6.45) is 4.56. The Morgan fingerprint density at radius 3 is 3.14 bits per heavy atom. The van der Waals surface area contributed by atoms with Gasteiger partial charge >= 0.3 is 0 Å². The summed E-state index contributed by atoms with van der Waals surface area (Å²) in [6, 6.07) is 4.10. The molecule has 0 fully saturated rings. The first-order valence-corrected chi connectivity index (χ1v) is 7.33. The van der Waals surface area contributed by atoms with Gasteiger partial charge in [-0.3, -0.25) is 4.98 Å². The number of hydrogen-bond acceptors (Lipinski definition) is 5. The molecule has 2 atom stereocenters. The first kappa shape index (κ1) is 14.2. The highest BCUT2D eigenvalue weighted by Gasteiger charge is 2.26. The third-order valence-corrected chi connectivity index (χ3v) is 3.80. The summed E-state index contributed by atoms with van der Waals surface area (Å²) in [4.78, 5) is 4.20. The quantitative estimate of drug-likeness (QED) is 0.895. The van der Waals surface area contributed by atoms with Crippen molar-refractivity contribution in [1.82, 2.24) is 25.1 Å². The van der Waals surface area contributed by atoms with Crippen molar-refractivity contribution in [2.24, 2.45) is 5.92 Å². The summed E-state index contributed by atoms with van der Waals surface area (Å²) >= 11 is 0. The molecule has 3 heterocycles. The minimum atomic E-state index is 0.0754. The molecule has 21 heavy (non-hydrogen) atoms. The number of rotatable bonds is 5. The molecule has 3 rings (SSSR count). The third kappa shape index (κ3) is 2.96. The molecule has 0 spiro atoms. The fraction of sp³-hybridized carbons (Fsp3) is 0.533. The predicted molar refractivity (Wildman–Crippen MR) is 78.8 cm³/mol. The largest absolute Gasteiger partial charge is 0.384 e. The smallest absolute Gasteiger partial charge is 0.154 e. The molecule has 2 aromatic rings. The van der Waals surface area contributed by atoms with Crippen LogP contribution in [0.4, 0.5) is 0 Å². The molecule has 6 nitrogen and oxygen atoms in total. The van der Waals surface area contributed by atoms with Crippen molar-refractivity contribution in [2.75, 3.05) is 20.3 Å². The van der Waals surface area contributed by atoms with Gasteiger partial charge in [0.25, 0.3) is 0 Å². The maximum atomic E-state index is 5.21. The van der Waals surface area contributed by atoms with Crippen LogP contribution < -0.4 is 5.32 Å². The minimum Gasteiger partial charge on any atom is -0.384 e. The number of nitrogens with zero attached hydrogens (tertiary/aromatic N) is 4. The van der Waals surface area contributed by atoms with Gasteiger partial charge in [-0.15, -0.1) is 10.2 Å². The van der Waals surface area contributed by atoms with Gasteiger partial charge in [-0.05, 0) is 17.5 Å². The highest BCUT2D eigenvalue weighted by atomic mass is 16.5. The highest BCUT2D eigenvalue weighted by Crippen LogP contribution is 2.24. The molecule has 0 bridgehead atoms. The van der Waals surface area contributed by atoms with Crippen molar-refractivity contribution in [3.05, 3.63) is 41.7 Å². The monoisotopic (exact) mass is 287 g/mol. The predicted octanol–water partition coefficient (Wildman–Crippen LogP) is 1.19. The summed E-state index contributed by atoms with van der Waals surface area (Å²) in [5.74, 6) is 2.47. The van der Waals surface area contributed by atoms with Crippen LogP contribution in [0.3, 0.4) is 0 Å². The van der Waals surface area contributed by atoms with Gasteiger partial charge in [-0.1, -0.05) is 13.0 Å². The Morgan fingerprint density at radius 1 is 1.48 bits per heavy atom. The lowest BCUT2D eigenvalue weighted by Gasteiger charge is -2.25. The first-order chi connectivity index (χ1) is 10.3. The van der Waals surface area contributed by atoms with E-state index >= 15 is 0 Å². The van der Waals surface area contributed by atoms with Crippen molar-refractivity contribution in [3.8, 4) is 0 Å². The molecule has 0 amide bonds. The minimum absolute atomic E-state index is 0.0754. The van der Waals surface area contributed by atoms with E-state index in [0.717, 1.165) is 43.3 Å². The summed E-state index contributed by atoms with van der Waals surface area (Å²) < 4.78 is 7.45. The molecule has 1 aliphatic heterocycles. The zero-order valence-corrected chi connectivity index (χ0v) is 12.5. The van der Waals surface area contributed by atoms with E-state index in [9.17, 15) is 0 Å². The van der Waals surface area contributed by atoms with Crippen molar-refractivity contribution in [2.45, 2.75) is 25.9 Å². The van der Waals surface area contributed by atoms with Crippen LogP contribution in [0.1, 0.15) is 30.2 Å². The SMILES string of the molecule is COCC(C)Cc1nnc2n1CCNC2c1cccnc1. The second-order valence-corrected chi connectivity index (χ2v) is 5.56. The molecule has 0 radical (unpaired) electrons. The number of pyridine rings is 1. The van der Waals surface area contributed by atoms with Crippen molar-refractivity contribution in [1.29, 1.82) is 0 Å². The van der Waals surface area contributed by atoms with Gasteiger partial charge < -0.3 is 14.6 Å². The third-order valence-electron chi connectivity index (χ3n) is 3.80. The van der Waals surface area contributed by atoms with Crippen LogP contribution in [0.5, 0.6) is 0 Å². The number of nitrogens with one attached hydrogen (secondary N) is 1. The zero-order valence-electron chi connectivity index (χ0n) is 12.5. The molecule has 0 saturated carbocycles. The van der Waals surface area contributed by atoms with Gasteiger partial charge in [0.05, 0.1) is 6.04 Å². The lowest BCUT2D eigenvalue weighted by atomic mass is 10.1. The topological polar surface area (TPSA) is 64.9 Å². The van der Waals surface area contributed by atoms with Gasteiger partial charge in [0.1, 0.15) is 5.82 Å². The van der Waals surface area contributed by atoms with E-state index in [4.69, 9.17) is 4.74 Å². The van der Waals surface area contributed by atoms with E-state index in [2.05, 4.69) is 38.1 Å². The normalized spacial score (nSPS) is 19.2. The van der Waals surface area contributed by atoms with Gasteiger partial charge in [0.15, 0.2) is 5.82 Å². The molecule has 1 aliphatic rings. The van der Waals surface area contributed by atoms with Gasteiger partial charge in [-0.25, -0.2) is 0 Å². The van der Waals surface area contributed by atoms with E-state index in [-0.39, 0.29) is 6.04 Å². The molecule has 1 N–H and O–H groups in total. The average molecular weight is 287 g/mol. The molecular formula is C15H21N5O. The fourth-order valence-electron chi connectivity index (χ4n) is 2.84. The molecule has 2 aromatic heterocycles. The van der Waals surface area contributed by atoms with Crippen LogP contribution in [-0.2, 0) is 17.7 Å². The second-order valence-electron chi connectivity index (χ2n) is 5.56. The Balaban J connectivity index is 1.85. The number of aromatic nitrogens is 4. The van der Waals surface area contributed by atoms with Gasteiger partial charge in [0.2, 0.25) is 0 Å². The number of fused-ring (bicyclic) bond motifs is 1. The molecule has 6 heteroatoms. The summed E-state index contributed by atoms with van der Waals surface area (Å²) in [5, 5.41) is 12.3. The van der Waals surface area contributed by atoms with Crippen molar-refractivity contribution >= 4 is 0 Å². The molecule has 2 unspecified atom stereocenters. The Labute approximate surface area is 124 Å².